The van der Waals surface area contributed by atoms with Crippen molar-refractivity contribution in [3.05, 3.63) is 34.1 Å². The summed E-state index contributed by atoms with van der Waals surface area (Å²) in [4.78, 5) is 8.84. The maximum atomic E-state index is 13.6. The lowest BCUT2D eigenvalue weighted by Crippen LogP contribution is -2.48. The molecule has 0 saturated carbocycles. The highest BCUT2D eigenvalue weighted by Gasteiger charge is 2.33. The van der Waals surface area contributed by atoms with Crippen LogP contribution in [0.3, 0.4) is 0 Å². The molecule has 0 spiro atoms. The molecular weight excluding hydrogens is 277 g/mol. The first-order valence-corrected chi connectivity index (χ1v) is 6.76. The molecule has 0 heterocycles. The first-order valence-electron chi connectivity index (χ1n) is 5.28. The number of nitrogens with zero attached hydrogens (tertiary/aromatic N) is 1. The maximum absolute atomic E-state index is 13.6. The van der Waals surface area contributed by atoms with Crippen molar-refractivity contribution in [3.63, 3.8) is 0 Å². The molecular formula is C10H14FN3O4S. The van der Waals surface area contributed by atoms with E-state index in [-0.39, 0.29) is 6.54 Å². The smallest absolute Gasteiger partial charge is 0.292 e. The van der Waals surface area contributed by atoms with Gasteiger partial charge in [0.25, 0.3) is 15.7 Å². The molecule has 1 rings (SSSR count). The fourth-order valence-electron chi connectivity index (χ4n) is 1.36. The van der Waals surface area contributed by atoms with Gasteiger partial charge < -0.3 is 5.73 Å². The molecule has 0 radical (unpaired) electrons. The van der Waals surface area contributed by atoms with Gasteiger partial charge in [-0.25, -0.2) is 17.5 Å². The van der Waals surface area contributed by atoms with Gasteiger partial charge in [0.05, 0.1) is 4.92 Å². The minimum atomic E-state index is -4.38. The summed E-state index contributed by atoms with van der Waals surface area (Å²) in [6.45, 7) is 2.92. The molecule has 0 aromatic heterocycles. The van der Waals surface area contributed by atoms with E-state index in [9.17, 15) is 22.9 Å². The summed E-state index contributed by atoms with van der Waals surface area (Å²) in [6, 6.07) is 2.84. The van der Waals surface area contributed by atoms with Gasteiger partial charge >= 0.3 is 0 Å². The van der Waals surface area contributed by atoms with Gasteiger partial charge in [-0.05, 0) is 19.9 Å². The van der Waals surface area contributed by atoms with Crippen LogP contribution in [-0.4, -0.2) is 25.4 Å². The second kappa shape index (κ2) is 5.19. The summed E-state index contributed by atoms with van der Waals surface area (Å²) in [5.41, 5.74) is 3.51. The van der Waals surface area contributed by atoms with Crippen LogP contribution in [0.1, 0.15) is 13.8 Å². The van der Waals surface area contributed by atoms with Gasteiger partial charge in [0.1, 0.15) is 5.82 Å². The number of nitrogens with two attached hydrogens (primary N) is 1. The Kier molecular flexibility index (Phi) is 4.23. The molecule has 9 heteroatoms. The SMILES string of the molecule is CC(C)(CN)NS(=O)(=O)c1c(F)cccc1[N+](=O)[O-]. The molecule has 0 fully saturated rings. The quantitative estimate of drug-likeness (QED) is 0.613. The minimum absolute atomic E-state index is 0.0471. The van der Waals surface area contributed by atoms with E-state index in [1.807, 2.05) is 0 Å². The van der Waals surface area contributed by atoms with Crippen molar-refractivity contribution in [2.45, 2.75) is 24.3 Å². The topological polar surface area (TPSA) is 115 Å². The molecule has 106 valence electrons. The molecule has 7 nitrogen and oxygen atoms in total. The first-order chi connectivity index (χ1) is 8.60. The molecule has 0 aliphatic heterocycles. The van der Waals surface area contributed by atoms with Gasteiger partial charge in [0.2, 0.25) is 0 Å². The number of nitro benzene ring substituents is 1. The molecule has 0 aliphatic rings. The Morgan fingerprint density at radius 1 is 1.47 bits per heavy atom. The van der Waals surface area contributed by atoms with E-state index >= 15 is 0 Å². The van der Waals surface area contributed by atoms with Crippen molar-refractivity contribution in [1.82, 2.24) is 4.72 Å². The average Bonchev–Trinajstić information content (AvgIpc) is 2.26. The third kappa shape index (κ3) is 3.46. The molecule has 0 unspecified atom stereocenters. The number of rotatable bonds is 5. The molecule has 1 aromatic carbocycles. The molecule has 19 heavy (non-hydrogen) atoms. The van der Waals surface area contributed by atoms with E-state index in [4.69, 9.17) is 5.73 Å². The summed E-state index contributed by atoms with van der Waals surface area (Å²) < 4.78 is 39.9. The first kappa shape index (κ1) is 15.5. The molecule has 3 N–H and O–H groups in total. The van der Waals surface area contributed by atoms with Crippen LogP contribution in [0.2, 0.25) is 0 Å². The Labute approximate surface area is 109 Å². The van der Waals surface area contributed by atoms with Crippen LogP contribution in [0.5, 0.6) is 0 Å². The number of nitro groups is 1. The maximum Gasteiger partial charge on any atom is 0.292 e. The number of hydrogen-bond acceptors (Lipinski definition) is 5. The van der Waals surface area contributed by atoms with E-state index < -0.39 is 36.9 Å². The van der Waals surface area contributed by atoms with Gasteiger partial charge in [0, 0.05) is 18.2 Å². The van der Waals surface area contributed by atoms with Crippen LogP contribution in [-0.2, 0) is 10.0 Å². The van der Waals surface area contributed by atoms with Gasteiger partial charge in [0.15, 0.2) is 4.90 Å². The van der Waals surface area contributed by atoms with E-state index in [0.29, 0.717) is 0 Å². The summed E-state index contributed by atoms with van der Waals surface area (Å²) in [5, 5.41) is 10.8. The Morgan fingerprint density at radius 3 is 2.53 bits per heavy atom. The van der Waals surface area contributed by atoms with Crippen molar-refractivity contribution in [1.29, 1.82) is 0 Å². The van der Waals surface area contributed by atoms with Crippen molar-refractivity contribution >= 4 is 15.7 Å². The zero-order valence-electron chi connectivity index (χ0n) is 10.4. The third-order valence-electron chi connectivity index (χ3n) is 2.33. The highest BCUT2D eigenvalue weighted by atomic mass is 32.2. The van der Waals surface area contributed by atoms with Gasteiger partial charge in [-0.3, -0.25) is 10.1 Å². The average molecular weight is 291 g/mol. The second-order valence-electron chi connectivity index (χ2n) is 4.54. The number of nitrogens with one attached hydrogen (secondary N) is 1. The van der Waals surface area contributed by atoms with Gasteiger partial charge in [-0.2, -0.15) is 0 Å². The van der Waals surface area contributed by atoms with Gasteiger partial charge in [-0.15, -0.1) is 0 Å². The highest BCUT2D eigenvalue weighted by Crippen LogP contribution is 2.27. The van der Waals surface area contributed by atoms with Crippen LogP contribution in [0.4, 0.5) is 10.1 Å². The summed E-state index contributed by atoms with van der Waals surface area (Å²) in [5.74, 6) is -1.19. The molecule has 0 bridgehead atoms. The molecule has 0 atom stereocenters. The zero-order valence-corrected chi connectivity index (χ0v) is 11.2. The Morgan fingerprint density at radius 2 is 2.05 bits per heavy atom. The lowest BCUT2D eigenvalue weighted by Gasteiger charge is -2.23. The second-order valence-corrected chi connectivity index (χ2v) is 6.16. The monoisotopic (exact) mass is 291 g/mol. The van der Waals surface area contributed by atoms with E-state index in [2.05, 4.69) is 4.72 Å². The molecule has 0 amide bonds. The minimum Gasteiger partial charge on any atom is -0.329 e. The Balaban J connectivity index is 3.41. The number of halogens is 1. The normalized spacial score (nSPS) is 12.4. The van der Waals surface area contributed by atoms with Crippen LogP contribution in [0.25, 0.3) is 0 Å². The van der Waals surface area contributed by atoms with Crippen molar-refractivity contribution < 1.29 is 17.7 Å². The highest BCUT2D eigenvalue weighted by molar-refractivity contribution is 7.89. The van der Waals surface area contributed by atoms with Crippen molar-refractivity contribution in [3.8, 4) is 0 Å². The van der Waals surface area contributed by atoms with E-state index in [0.717, 1.165) is 18.2 Å². The van der Waals surface area contributed by atoms with Crippen molar-refractivity contribution in [2.24, 2.45) is 5.73 Å². The zero-order chi connectivity index (χ0) is 14.8. The molecule has 1 aromatic rings. The van der Waals surface area contributed by atoms with Crippen molar-refractivity contribution in [2.75, 3.05) is 6.54 Å². The predicted molar refractivity (Wildman–Crippen MR) is 66.5 cm³/mol. The number of benzene rings is 1. The third-order valence-corrected chi connectivity index (χ3v) is 4.10. The van der Waals surface area contributed by atoms with Crippen LogP contribution in [0, 0.1) is 15.9 Å². The lowest BCUT2D eigenvalue weighted by atomic mass is 10.1. The summed E-state index contributed by atoms with van der Waals surface area (Å²) in [6.07, 6.45) is 0. The number of sulfonamides is 1. The largest absolute Gasteiger partial charge is 0.329 e. The predicted octanol–water partition coefficient (Wildman–Crippen LogP) is 0.749. The summed E-state index contributed by atoms with van der Waals surface area (Å²) >= 11 is 0. The van der Waals surface area contributed by atoms with Gasteiger partial charge in [-0.1, -0.05) is 6.07 Å². The molecule has 0 aliphatic carbocycles. The Hall–Kier alpha value is -1.58. The lowest BCUT2D eigenvalue weighted by molar-refractivity contribution is -0.388. The number of hydrogen-bond donors (Lipinski definition) is 2. The van der Waals surface area contributed by atoms with E-state index in [1.165, 1.54) is 13.8 Å². The molecule has 0 saturated heterocycles. The van der Waals surface area contributed by atoms with Crippen LogP contribution >= 0.6 is 0 Å². The summed E-state index contributed by atoms with van der Waals surface area (Å²) in [7, 11) is -4.38. The van der Waals surface area contributed by atoms with E-state index in [1.54, 1.807) is 0 Å². The fourth-order valence-corrected chi connectivity index (χ4v) is 3.02. The standard InChI is InChI=1S/C10H14FN3O4S/c1-10(2,6-12)13-19(17,18)9-7(11)4-3-5-8(9)14(15)16/h3-5,13H,6,12H2,1-2H3. The Bertz CT molecular complexity index is 601. The van der Waals surface area contributed by atoms with Crippen LogP contribution in [0.15, 0.2) is 23.1 Å². The fraction of sp³-hybridized carbons (Fsp3) is 0.400. The van der Waals surface area contributed by atoms with Crippen LogP contribution < -0.4 is 10.5 Å².